The third-order valence-corrected chi connectivity index (χ3v) is 3.29. The van der Waals surface area contributed by atoms with Gasteiger partial charge in [0.15, 0.2) is 0 Å². The molecule has 19 heavy (non-hydrogen) atoms. The highest BCUT2D eigenvalue weighted by molar-refractivity contribution is 5.99. The number of benzene rings is 1. The van der Waals surface area contributed by atoms with Gasteiger partial charge in [-0.05, 0) is 25.0 Å². The van der Waals surface area contributed by atoms with Gasteiger partial charge in [0.25, 0.3) is 5.91 Å². The van der Waals surface area contributed by atoms with Crippen molar-refractivity contribution in [2.24, 2.45) is 5.92 Å². The molecule has 1 heterocycles. The first-order chi connectivity index (χ1) is 9.00. The number of carboxylic acids is 1. The molecule has 3 N–H and O–H groups in total. The number of aromatic hydroxyl groups is 2. The summed E-state index contributed by atoms with van der Waals surface area (Å²) < 4.78 is 0. The summed E-state index contributed by atoms with van der Waals surface area (Å²) in [4.78, 5) is 24.5. The Morgan fingerprint density at radius 1 is 1.21 bits per heavy atom. The van der Waals surface area contributed by atoms with Gasteiger partial charge >= 0.3 is 5.97 Å². The van der Waals surface area contributed by atoms with Crippen molar-refractivity contribution < 1.29 is 24.9 Å². The fraction of sp³-hybridized carbons (Fsp3) is 0.385. The van der Waals surface area contributed by atoms with Gasteiger partial charge < -0.3 is 20.2 Å². The lowest BCUT2D eigenvalue weighted by atomic mass is 9.97. The number of phenols is 2. The molecule has 1 aromatic carbocycles. The summed E-state index contributed by atoms with van der Waals surface area (Å²) in [6.07, 6.45) is 1.13. The van der Waals surface area contributed by atoms with Gasteiger partial charge in [-0.3, -0.25) is 9.59 Å². The van der Waals surface area contributed by atoms with Crippen molar-refractivity contribution in [3.8, 4) is 11.5 Å². The van der Waals surface area contributed by atoms with Gasteiger partial charge in [0.2, 0.25) is 0 Å². The van der Waals surface area contributed by atoms with E-state index >= 15 is 0 Å². The summed E-state index contributed by atoms with van der Waals surface area (Å²) in [6, 6.07) is 4.05. The van der Waals surface area contributed by atoms with Crippen molar-refractivity contribution in [1.82, 2.24) is 4.90 Å². The Labute approximate surface area is 109 Å². The third-order valence-electron chi connectivity index (χ3n) is 3.29. The lowest BCUT2D eigenvalue weighted by Crippen LogP contribution is -2.42. The first-order valence-corrected chi connectivity index (χ1v) is 6.03. The van der Waals surface area contributed by atoms with E-state index in [2.05, 4.69) is 0 Å². The van der Waals surface area contributed by atoms with E-state index in [0.29, 0.717) is 19.4 Å². The van der Waals surface area contributed by atoms with Crippen molar-refractivity contribution >= 4 is 11.9 Å². The smallest absolute Gasteiger partial charge is 0.308 e. The Bertz CT molecular complexity index is 494. The van der Waals surface area contributed by atoms with Crippen LogP contribution in [-0.4, -0.2) is 45.2 Å². The Morgan fingerprint density at radius 3 is 2.42 bits per heavy atom. The number of nitrogens with zero attached hydrogens (tertiary/aromatic N) is 1. The van der Waals surface area contributed by atoms with Gasteiger partial charge in [0.05, 0.1) is 5.92 Å². The number of phenolic OH excluding ortho intramolecular Hbond substituents is 2. The first kappa shape index (κ1) is 13.2. The monoisotopic (exact) mass is 265 g/mol. The van der Waals surface area contributed by atoms with E-state index in [-0.39, 0.29) is 23.6 Å². The zero-order chi connectivity index (χ0) is 14.0. The van der Waals surface area contributed by atoms with Crippen LogP contribution < -0.4 is 0 Å². The molecule has 0 radical (unpaired) electrons. The van der Waals surface area contributed by atoms with E-state index < -0.39 is 17.8 Å². The average Bonchev–Trinajstić information content (AvgIpc) is 2.38. The van der Waals surface area contributed by atoms with E-state index in [0.717, 1.165) is 0 Å². The number of rotatable bonds is 2. The highest BCUT2D eigenvalue weighted by Crippen LogP contribution is 2.29. The van der Waals surface area contributed by atoms with Crippen molar-refractivity contribution in [1.29, 1.82) is 0 Å². The molecule has 102 valence electrons. The third kappa shape index (κ3) is 2.62. The maximum absolute atomic E-state index is 12.2. The maximum atomic E-state index is 12.2. The zero-order valence-corrected chi connectivity index (χ0v) is 10.2. The quantitative estimate of drug-likeness (QED) is 0.742. The van der Waals surface area contributed by atoms with Crippen molar-refractivity contribution in [3.63, 3.8) is 0 Å². The Hall–Kier alpha value is -2.24. The van der Waals surface area contributed by atoms with Crippen LogP contribution in [0.3, 0.4) is 0 Å². The second kappa shape index (κ2) is 5.17. The second-order valence-electron chi connectivity index (χ2n) is 4.60. The largest absolute Gasteiger partial charge is 0.507 e. The maximum Gasteiger partial charge on any atom is 0.308 e. The van der Waals surface area contributed by atoms with Crippen LogP contribution in [0.2, 0.25) is 0 Å². The number of amides is 1. The van der Waals surface area contributed by atoms with Gasteiger partial charge in [0.1, 0.15) is 17.1 Å². The Balaban J connectivity index is 2.22. The molecule has 0 spiro atoms. The molecule has 0 saturated carbocycles. The molecule has 6 heteroatoms. The Morgan fingerprint density at radius 2 is 1.84 bits per heavy atom. The standard InChI is InChI=1S/C13H15NO5/c15-9-4-1-5-10(16)11(9)12(17)14-6-2-3-8(7-14)13(18)19/h1,4-5,8,15-16H,2-3,6-7H2,(H,18,19)/t8-/m0/s1. The predicted molar refractivity (Wildman–Crippen MR) is 66.0 cm³/mol. The number of hydrogen-bond donors (Lipinski definition) is 3. The molecule has 0 aliphatic carbocycles. The normalized spacial score (nSPS) is 19.2. The lowest BCUT2D eigenvalue weighted by Gasteiger charge is -2.31. The van der Waals surface area contributed by atoms with Crippen LogP contribution in [0.15, 0.2) is 18.2 Å². The number of carboxylic acid groups (broad SMARTS) is 1. The number of aliphatic carboxylic acids is 1. The van der Waals surface area contributed by atoms with Crippen molar-refractivity contribution in [3.05, 3.63) is 23.8 Å². The molecule has 1 aromatic rings. The summed E-state index contributed by atoms with van der Waals surface area (Å²) in [5.74, 6) is -2.67. The number of piperidine rings is 1. The molecule has 0 unspecified atom stereocenters. The molecule has 0 bridgehead atoms. The summed E-state index contributed by atoms with van der Waals surface area (Å²) >= 11 is 0. The summed E-state index contributed by atoms with van der Waals surface area (Å²) in [5.41, 5.74) is -0.173. The molecule has 0 aromatic heterocycles. The van der Waals surface area contributed by atoms with E-state index in [4.69, 9.17) is 5.11 Å². The number of carbonyl (C=O) groups is 2. The number of carbonyl (C=O) groups excluding carboxylic acids is 1. The van der Waals surface area contributed by atoms with Crippen LogP contribution >= 0.6 is 0 Å². The average molecular weight is 265 g/mol. The minimum Gasteiger partial charge on any atom is -0.507 e. The van der Waals surface area contributed by atoms with Crippen LogP contribution in [0.25, 0.3) is 0 Å². The minimum atomic E-state index is -0.931. The van der Waals surface area contributed by atoms with Crippen molar-refractivity contribution in [2.45, 2.75) is 12.8 Å². The van der Waals surface area contributed by atoms with Crippen LogP contribution in [0.5, 0.6) is 11.5 Å². The fourth-order valence-corrected chi connectivity index (χ4v) is 2.27. The molecule has 1 saturated heterocycles. The van der Waals surface area contributed by atoms with Crippen molar-refractivity contribution in [2.75, 3.05) is 13.1 Å². The molecule has 2 rings (SSSR count). The van der Waals surface area contributed by atoms with Gasteiger partial charge in [-0.1, -0.05) is 6.07 Å². The van der Waals surface area contributed by atoms with Gasteiger partial charge in [-0.25, -0.2) is 0 Å². The predicted octanol–water partition coefficient (Wildman–Crippen LogP) is 1.03. The van der Waals surface area contributed by atoms with Gasteiger partial charge in [0, 0.05) is 13.1 Å². The number of likely N-dealkylation sites (tertiary alicyclic amines) is 1. The molecular formula is C13H15NO5. The van der Waals surface area contributed by atoms with Gasteiger partial charge in [-0.15, -0.1) is 0 Å². The van der Waals surface area contributed by atoms with Crippen LogP contribution in [-0.2, 0) is 4.79 Å². The summed E-state index contributed by atoms with van der Waals surface area (Å²) in [5, 5.41) is 28.3. The molecule has 1 fully saturated rings. The second-order valence-corrected chi connectivity index (χ2v) is 4.60. The summed E-state index contributed by atoms with van der Waals surface area (Å²) in [7, 11) is 0. The van der Waals surface area contributed by atoms with Crippen LogP contribution in [0.1, 0.15) is 23.2 Å². The van der Waals surface area contributed by atoms with Crippen LogP contribution in [0, 0.1) is 5.92 Å². The molecule has 1 aliphatic rings. The van der Waals surface area contributed by atoms with E-state index in [9.17, 15) is 19.8 Å². The molecule has 6 nitrogen and oxygen atoms in total. The number of hydrogen-bond acceptors (Lipinski definition) is 4. The Kier molecular flexibility index (Phi) is 3.59. The topological polar surface area (TPSA) is 98.1 Å². The fourth-order valence-electron chi connectivity index (χ4n) is 2.27. The van der Waals surface area contributed by atoms with Crippen LogP contribution in [0.4, 0.5) is 0 Å². The van der Waals surface area contributed by atoms with E-state index in [1.807, 2.05) is 0 Å². The van der Waals surface area contributed by atoms with E-state index in [1.165, 1.54) is 23.1 Å². The zero-order valence-electron chi connectivity index (χ0n) is 10.2. The SMILES string of the molecule is O=C(O)[C@H]1CCCN(C(=O)c2c(O)cccc2O)C1. The molecule has 1 amide bonds. The first-order valence-electron chi connectivity index (χ1n) is 6.03. The molecule has 1 aliphatic heterocycles. The highest BCUT2D eigenvalue weighted by Gasteiger charge is 2.30. The van der Waals surface area contributed by atoms with Gasteiger partial charge in [-0.2, -0.15) is 0 Å². The minimum absolute atomic E-state index is 0.0991. The molecular weight excluding hydrogens is 250 g/mol. The summed E-state index contributed by atoms with van der Waals surface area (Å²) in [6.45, 7) is 0.526. The molecule has 1 atom stereocenters. The van der Waals surface area contributed by atoms with E-state index in [1.54, 1.807) is 0 Å². The highest BCUT2D eigenvalue weighted by atomic mass is 16.4. The lowest BCUT2D eigenvalue weighted by molar-refractivity contribution is -0.143.